The zero-order valence-corrected chi connectivity index (χ0v) is 12.3. The molecule has 1 fully saturated rings. The lowest BCUT2D eigenvalue weighted by Crippen LogP contribution is -2.52. The molecule has 0 aromatic carbocycles. The van der Waals surface area contributed by atoms with Crippen LogP contribution in [0.25, 0.3) is 0 Å². The Balaban J connectivity index is 2.33. The van der Waals surface area contributed by atoms with Crippen LogP contribution in [0.3, 0.4) is 0 Å². The molecule has 1 aliphatic rings. The number of carbonyl (C=O) groups is 1. The topological polar surface area (TPSA) is 58.4 Å². The summed E-state index contributed by atoms with van der Waals surface area (Å²) < 4.78 is 0. The monoisotopic (exact) mass is 255 g/mol. The predicted octanol–water partition coefficient (Wildman–Crippen LogP) is 1.35. The van der Waals surface area contributed by atoms with Gasteiger partial charge >= 0.3 is 0 Å². The van der Waals surface area contributed by atoms with E-state index in [2.05, 4.69) is 17.1 Å². The van der Waals surface area contributed by atoms with Crippen LogP contribution in [0.4, 0.5) is 0 Å². The Morgan fingerprint density at radius 3 is 2.33 bits per heavy atom. The Labute approximate surface area is 111 Å². The van der Waals surface area contributed by atoms with Gasteiger partial charge in [-0.15, -0.1) is 0 Å². The third-order valence-corrected chi connectivity index (χ3v) is 3.80. The quantitative estimate of drug-likeness (QED) is 0.797. The Morgan fingerprint density at radius 1 is 1.28 bits per heavy atom. The van der Waals surface area contributed by atoms with E-state index in [-0.39, 0.29) is 11.3 Å². The van der Waals surface area contributed by atoms with E-state index in [1.807, 2.05) is 20.8 Å². The first kappa shape index (κ1) is 15.4. The van der Waals surface area contributed by atoms with E-state index in [0.717, 1.165) is 13.1 Å². The molecule has 0 saturated carbocycles. The van der Waals surface area contributed by atoms with E-state index in [4.69, 9.17) is 5.73 Å². The minimum absolute atomic E-state index is 0.0358. The van der Waals surface area contributed by atoms with Gasteiger partial charge in [-0.1, -0.05) is 27.2 Å². The molecular weight excluding hydrogens is 226 g/mol. The van der Waals surface area contributed by atoms with Crippen molar-refractivity contribution in [2.75, 3.05) is 19.6 Å². The van der Waals surface area contributed by atoms with Crippen LogP contribution >= 0.6 is 0 Å². The number of rotatable bonds is 4. The van der Waals surface area contributed by atoms with Crippen LogP contribution in [0.5, 0.6) is 0 Å². The van der Waals surface area contributed by atoms with Crippen molar-refractivity contribution in [3.05, 3.63) is 0 Å². The van der Waals surface area contributed by atoms with E-state index >= 15 is 0 Å². The molecule has 1 rings (SSSR count). The lowest BCUT2D eigenvalue weighted by molar-refractivity contribution is -0.124. The summed E-state index contributed by atoms with van der Waals surface area (Å²) in [6.07, 6.45) is 3.89. The summed E-state index contributed by atoms with van der Waals surface area (Å²) in [5.41, 5.74) is 5.75. The average molecular weight is 255 g/mol. The number of likely N-dealkylation sites (tertiary alicyclic amines) is 1. The smallest absolute Gasteiger partial charge is 0.237 e. The van der Waals surface area contributed by atoms with E-state index in [0.29, 0.717) is 12.6 Å². The molecule has 0 aliphatic carbocycles. The molecule has 18 heavy (non-hydrogen) atoms. The number of piperidine rings is 1. The van der Waals surface area contributed by atoms with Gasteiger partial charge in [-0.25, -0.2) is 0 Å². The Morgan fingerprint density at radius 2 is 1.83 bits per heavy atom. The molecule has 4 nitrogen and oxygen atoms in total. The summed E-state index contributed by atoms with van der Waals surface area (Å²) in [6, 6.07) is -0.0347. The lowest BCUT2D eigenvalue weighted by atomic mass is 9.87. The first-order valence-electron chi connectivity index (χ1n) is 7.09. The summed E-state index contributed by atoms with van der Waals surface area (Å²) in [4.78, 5) is 14.4. The van der Waals surface area contributed by atoms with Crippen molar-refractivity contribution in [3.8, 4) is 0 Å². The van der Waals surface area contributed by atoms with Crippen LogP contribution in [-0.2, 0) is 4.79 Å². The van der Waals surface area contributed by atoms with E-state index in [1.54, 1.807) is 0 Å². The largest absolute Gasteiger partial charge is 0.353 e. The molecule has 2 atom stereocenters. The first-order valence-corrected chi connectivity index (χ1v) is 7.09. The van der Waals surface area contributed by atoms with Crippen molar-refractivity contribution >= 4 is 5.91 Å². The molecule has 1 saturated heterocycles. The third kappa shape index (κ3) is 4.58. The Kier molecular flexibility index (Phi) is 5.60. The standard InChI is InChI=1S/C14H29N3O/c1-11(17-8-6-5-7-9-17)10-16-13(18)12(15)14(2,3)4/h11-12H,5-10,15H2,1-4H3,(H,16,18). The zero-order chi connectivity index (χ0) is 13.8. The number of amides is 1. The van der Waals surface area contributed by atoms with Crippen molar-refractivity contribution in [2.24, 2.45) is 11.1 Å². The molecule has 0 spiro atoms. The molecule has 0 aromatic heterocycles. The fraction of sp³-hybridized carbons (Fsp3) is 0.929. The Bertz CT molecular complexity index is 267. The van der Waals surface area contributed by atoms with Gasteiger partial charge in [-0.2, -0.15) is 0 Å². The maximum atomic E-state index is 11.9. The number of carbonyl (C=O) groups excluding carboxylic acids is 1. The van der Waals surface area contributed by atoms with Crippen molar-refractivity contribution in [1.82, 2.24) is 10.2 Å². The second-order valence-electron chi connectivity index (χ2n) is 6.53. The van der Waals surface area contributed by atoms with Crippen LogP contribution < -0.4 is 11.1 Å². The molecular formula is C14H29N3O. The summed E-state index contributed by atoms with van der Waals surface area (Å²) in [6.45, 7) is 11.2. The van der Waals surface area contributed by atoms with Crippen LogP contribution in [0.15, 0.2) is 0 Å². The summed E-state index contributed by atoms with van der Waals surface area (Å²) in [7, 11) is 0. The molecule has 106 valence electrons. The minimum atomic E-state index is -0.439. The van der Waals surface area contributed by atoms with Gasteiger partial charge in [0.2, 0.25) is 5.91 Å². The average Bonchev–Trinajstić information content (AvgIpc) is 2.34. The van der Waals surface area contributed by atoms with Crippen molar-refractivity contribution in [1.29, 1.82) is 0 Å². The maximum absolute atomic E-state index is 11.9. The van der Waals surface area contributed by atoms with Gasteiger partial charge in [0.05, 0.1) is 6.04 Å². The fourth-order valence-electron chi connectivity index (χ4n) is 2.24. The number of nitrogens with two attached hydrogens (primary N) is 1. The highest BCUT2D eigenvalue weighted by molar-refractivity contribution is 5.82. The van der Waals surface area contributed by atoms with Crippen molar-refractivity contribution in [3.63, 3.8) is 0 Å². The molecule has 3 N–H and O–H groups in total. The number of hydrogen-bond acceptors (Lipinski definition) is 3. The molecule has 4 heteroatoms. The maximum Gasteiger partial charge on any atom is 0.237 e. The second kappa shape index (κ2) is 6.53. The molecule has 0 radical (unpaired) electrons. The van der Waals surface area contributed by atoms with Crippen LogP contribution in [0, 0.1) is 5.41 Å². The van der Waals surface area contributed by atoms with E-state index < -0.39 is 6.04 Å². The third-order valence-electron chi connectivity index (χ3n) is 3.80. The zero-order valence-electron chi connectivity index (χ0n) is 12.3. The minimum Gasteiger partial charge on any atom is -0.353 e. The SMILES string of the molecule is CC(CNC(=O)C(N)C(C)(C)C)N1CCCCC1. The highest BCUT2D eigenvalue weighted by Crippen LogP contribution is 2.17. The highest BCUT2D eigenvalue weighted by atomic mass is 16.2. The molecule has 0 aromatic rings. The first-order chi connectivity index (χ1) is 8.32. The van der Waals surface area contributed by atoms with Crippen LogP contribution in [-0.4, -0.2) is 42.5 Å². The van der Waals surface area contributed by atoms with Gasteiger partial charge in [0.15, 0.2) is 0 Å². The number of hydrogen-bond donors (Lipinski definition) is 2. The van der Waals surface area contributed by atoms with E-state index in [9.17, 15) is 4.79 Å². The number of nitrogens with zero attached hydrogens (tertiary/aromatic N) is 1. The lowest BCUT2D eigenvalue weighted by Gasteiger charge is -2.33. The van der Waals surface area contributed by atoms with E-state index in [1.165, 1.54) is 19.3 Å². The van der Waals surface area contributed by atoms with Crippen LogP contribution in [0.1, 0.15) is 47.0 Å². The highest BCUT2D eigenvalue weighted by Gasteiger charge is 2.27. The van der Waals surface area contributed by atoms with Gasteiger partial charge in [-0.05, 0) is 38.3 Å². The van der Waals surface area contributed by atoms with Crippen molar-refractivity contribution < 1.29 is 4.79 Å². The predicted molar refractivity (Wildman–Crippen MR) is 75.3 cm³/mol. The van der Waals surface area contributed by atoms with Gasteiger partial charge in [0, 0.05) is 12.6 Å². The number of nitrogens with one attached hydrogen (secondary N) is 1. The molecule has 0 bridgehead atoms. The van der Waals surface area contributed by atoms with Crippen LogP contribution in [0.2, 0.25) is 0 Å². The van der Waals surface area contributed by atoms with Crippen molar-refractivity contribution in [2.45, 2.75) is 59.0 Å². The normalized spacial score (nSPS) is 21.4. The molecule has 1 amide bonds. The second-order valence-corrected chi connectivity index (χ2v) is 6.53. The molecule has 1 heterocycles. The van der Waals surface area contributed by atoms with Gasteiger partial charge in [-0.3, -0.25) is 9.69 Å². The molecule has 1 aliphatic heterocycles. The summed E-state index contributed by atoms with van der Waals surface area (Å²) in [5, 5.41) is 2.98. The van der Waals surface area contributed by atoms with Gasteiger partial charge < -0.3 is 11.1 Å². The Hall–Kier alpha value is -0.610. The molecule has 2 unspecified atom stereocenters. The van der Waals surface area contributed by atoms with Gasteiger partial charge in [0.1, 0.15) is 0 Å². The summed E-state index contributed by atoms with van der Waals surface area (Å²) in [5.74, 6) is -0.0358. The summed E-state index contributed by atoms with van der Waals surface area (Å²) >= 11 is 0. The fourth-order valence-corrected chi connectivity index (χ4v) is 2.24. The van der Waals surface area contributed by atoms with Gasteiger partial charge in [0.25, 0.3) is 0 Å².